The lowest BCUT2D eigenvalue weighted by Gasteiger charge is -2.17. The van der Waals surface area contributed by atoms with Crippen LogP contribution in [-0.2, 0) is 10.0 Å². The molecule has 0 bridgehead atoms. The third-order valence-corrected chi connectivity index (χ3v) is 8.31. The average molecular weight is 493 g/mol. The average Bonchev–Trinajstić information content (AvgIpc) is 3.40. The minimum Gasteiger partial charge on any atom is -0.497 e. The van der Waals surface area contributed by atoms with Crippen molar-refractivity contribution in [3.63, 3.8) is 0 Å². The zero-order chi connectivity index (χ0) is 21.3. The van der Waals surface area contributed by atoms with Crippen molar-refractivity contribution in [2.75, 3.05) is 26.7 Å². The molecule has 0 aliphatic carbocycles. The Balaban J connectivity index is 1.72. The van der Waals surface area contributed by atoms with Crippen LogP contribution in [0.2, 0.25) is 0 Å². The quantitative estimate of drug-likeness (QED) is 0.535. The van der Waals surface area contributed by atoms with Crippen LogP contribution < -0.4 is 4.74 Å². The van der Waals surface area contributed by atoms with Crippen LogP contribution in [0.1, 0.15) is 30.9 Å². The predicted molar refractivity (Wildman–Crippen MR) is 120 cm³/mol. The molecule has 2 aromatic carbocycles. The predicted octanol–water partition coefficient (Wildman–Crippen LogP) is 4.17. The first-order valence-corrected chi connectivity index (χ1v) is 12.2. The summed E-state index contributed by atoms with van der Waals surface area (Å²) in [5.74, 6) is 0.566. The van der Waals surface area contributed by atoms with Crippen LogP contribution in [0.15, 0.2) is 58.0 Å². The van der Waals surface area contributed by atoms with Crippen molar-refractivity contribution in [2.45, 2.75) is 30.3 Å². The molecule has 1 aliphatic rings. The molecule has 1 aromatic heterocycles. The summed E-state index contributed by atoms with van der Waals surface area (Å²) in [5, 5.41) is 11.6. The van der Waals surface area contributed by atoms with Crippen LogP contribution in [0, 0.1) is 0 Å². The van der Waals surface area contributed by atoms with Crippen LogP contribution in [0.25, 0.3) is 10.9 Å². The molecule has 1 unspecified atom stereocenters. The lowest BCUT2D eigenvalue weighted by Crippen LogP contribution is -2.22. The number of methoxy groups -OCH3 is 1. The minimum absolute atomic E-state index is 0.141. The number of fused-ring (bicyclic) bond motifs is 1. The van der Waals surface area contributed by atoms with E-state index in [0.717, 1.165) is 25.0 Å². The van der Waals surface area contributed by atoms with Crippen molar-refractivity contribution >= 4 is 36.9 Å². The second-order valence-corrected chi connectivity index (χ2v) is 10.2. The zero-order valence-electron chi connectivity index (χ0n) is 16.8. The Bertz CT molecular complexity index is 1150. The smallest absolute Gasteiger partial charge is 0.269 e. The van der Waals surface area contributed by atoms with E-state index in [1.807, 2.05) is 12.1 Å². The molecule has 1 fully saturated rings. The maximum absolute atomic E-state index is 13.5. The molecule has 2 heterocycles. The number of halogens is 1. The fraction of sp³-hybridized carbons (Fsp3) is 0.364. The summed E-state index contributed by atoms with van der Waals surface area (Å²) in [6, 6.07) is 12.1. The van der Waals surface area contributed by atoms with E-state index in [1.165, 1.54) is 30.0 Å². The highest BCUT2D eigenvalue weighted by atomic mass is 79.9. The van der Waals surface area contributed by atoms with Crippen molar-refractivity contribution in [1.82, 2.24) is 8.87 Å². The maximum Gasteiger partial charge on any atom is 0.269 e. The fourth-order valence-corrected chi connectivity index (χ4v) is 6.43. The van der Waals surface area contributed by atoms with E-state index < -0.39 is 16.1 Å². The number of rotatable bonds is 7. The van der Waals surface area contributed by atoms with Crippen molar-refractivity contribution in [3.8, 4) is 5.75 Å². The molecule has 8 heteroatoms. The lowest BCUT2D eigenvalue weighted by atomic mass is 10.1. The molecule has 4 rings (SSSR count). The zero-order valence-corrected chi connectivity index (χ0v) is 19.2. The molecule has 1 saturated heterocycles. The lowest BCUT2D eigenvalue weighted by molar-refractivity contribution is 0.150. The van der Waals surface area contributed by atoms with Crippen LogP contribution in [0.4, 0.5) is 0 Å². The monoisotopic (exact) mass is 492 g/mol. The van der Waals surface area contributed by atoms with Gasteiger partial charge in [0.25, 0.3) is 10.0 Å². The summed E-state index contributed by atoms with van der Waals surface area (Å²) >= 11 is 3.36. The van der Waals surface area contributed by atoms with Gasteiger partial charge in [0.15, 0.2) is 0 Å². The second kappa shape index (κ2) is 8.70. The summed E-state index contributed by atoms with van der Waals surface area (Å²) in [6.07, 6.45) is 3.80. The highest BCUT2D eigenvalue weighted by Gasteiger charge is 2.26. The van der Waals surface area contributed by atoms with Crippen molar-refractivity contribution in [2.24, 2.45) is 0 Å². The number of nitrogens with zero attached hydrogens (tertiary/aromatic N) is 2. The molecule has 0 spiro atoms. The maximum atomic E-state index is 13.5. The van der Waals surface area contributed by atoms with Gasteiger partial charge in [-0.2, -0.15) is 0 Å². The Morgan fingerprint density at radius 2 is 1.90 bits per heavy atom. The van der Waals surface area contributed by atoms with Crippen molar-refractivity contribution < 1.29 is 18.3 Å². The Labute approximate surface area is 185 Å². The summed E-state index contributed by atoms with van der Waals surface area (Å²) < 4.78 is 33.8. The normalized spacial score (nSPS) is 16.2. The fourth-order valence-electron chi connectivity index (χ4n) is 4.03. The van der Waals surface area contributed by atoms with E-state index in [-0.39, 0.29) is 4.90 Å². The van der Waals surface area contributed by atoms with Crippen LogP contribution in [0.3, 0.4) is 0 Å². The number of hydrogen-bond acceptors (Lipinski definition) is 5. The van der Waals surface area contributed by atoms with Gasteiger partial charge in [-0.05, 0) is 72.5 Å². The van der Waals surface area contributed by atoms with Gasteiger partial charge in [-0.25, -0.2) is 12.4 Å². The summed E-state index contributed by atoms with van der Waals surface area (Å²) in [4.78, 5) is 2.48. The van der Waals surface area contributed by atoms with Crippen molar-refractivity contribution in [1.29, 1.82) is 0 Å². The second-order valence-electron chi connectivity index (χ2n) is 7.55. The molecule has 0 saturated carbocycles. The number of ether oxygens (including phenoxy) is 1. The van der Waals surface area contributed by atoms with Crippen molar-refractivity contribution in [3.05, 3.63) is 58.7 Å². The number of likely N-dealkylation sites (tertiary alicyclic amines) is 1. The third-order valence-electron chi connectivity index (χ3n) is 5.66. The molecule has 1 atom stereocenters. The van der Waals surface area contributed by atoms with Gasteiger partial charge in [0.2, 0.25) is 0 Å². The van der Waals surface area contributed by atoms with Crippen LogP contribution >= 0.6 is 15.9 Å². The number of para-hydroxylation sites is 1. The van der Waals surface area contributed by atoms with Gasteiger partial charge in [0.1, 0.15) is 10.6 Å². The first-order valence-electron chi connectivity index (χ1n) is 10.0. The Morgan fingerprint density at radius 1 is 1.17 bits per heavy atom. The van der Waals surface area contributed by atoms with Gasteiger partial charge in [0, 0.05) is 28.2 Å². The van der Waals surface area contributed by atoms with Crippen LogP contribution in [-0.4, -0.2) is 49.1 Å². The van der Waals surface area contributed by atoms with E-state index in [9.17, 15) is 13.5 Å². The third kappa shape index (κ3) is 4.01. The first kappa shape index (κ1) is 21.4. The standard InChI is InChI=1S/C22H25BrN2O4S/c1-29-16-8-9-22(19(23)14-16)30(27,28)25-15-18(17-6-2-3-7-20(17)25)21(26)10-13-24-11-4-5-12-24/h2-3,6-9,14-15,21,26H,4-5,10-13H2,1H3. The topological polar surface area (TPSA) is 71.8 Å². The number of aromatic nitrogens is 1. The highest BCUT2D eigenvalue weighted by molar-refractivity contribution is 9.10. The van der Waals surface area contributed by atoms with E-state index in [1.54, 1.807) is 30.5 Å². The molecule has 0 radical (unpaired) electrons. The van der Waals surface area contributed by atoms with Gasteiger partial charge in [-0.1, -0.05) is 18.2 Å². The summed E-state index contributed by atoms with van der Waals surface area (Å²) in [7, 11) is -2.34. The van der Waals surface area contributed by atoms with E-state index >= 15 is 0 Å². The van der Waals surface area contributed by atoms with E-state index in [4.69, 9.17) is 4.74 Å². The van der Waals surface area contributed by atoms with E-state index in [2.05, 4.69) is 20.8 Å². The van der Waals surface area contributed by atoms with Gasteiger partial charge in [-0.3, -0.25) is 0 Å². The molecule has 6 nitrogen and oxygen atoms in total. The molecular weight excluding hydrogens is 468 g/mol. The largest absolute Gasteiger partial charge is 0.497 e. The molecule has 30 heavy (non-hydrogen) atoms. The SMILES string of the molecule is COc1ccc(S(=O)(=O)n2cc(C(O)CCN3CCCC3)c3ccccc32)c(Br)c1. The Kier molecular flexibility index (Phi) is 6.20. The minimum atomic E-state index is -3.87. The first-order chi connectivity index (χ1) is 14.4. The Hall–Kier alpha value is -1.87. The molecule has 0 amide bonds. The summed E-state index contributed by atoms with van der Waals surface area (Å²) in [6.45, 7) is 2.93. The van der Waals surface area contributed by atoms with Gasteiger partial charge in [-0.15, -0.1) is 0 Å². The molecular formula is C22H25BrN2O4S. The van der Waals surface area contributed by atoms with Crippen LogP contribution in [0.5, 0.6) is 5.75 Å². The molecule has 160 valence electrons. The Morgan fingerprint density at radius 3 is 2.60 bits per heavy atom. The number of aliphatic hydroxyl groups is 1. The number of benzene rings is 2. The number of aliphatic hydroxyl groups excluding tert-OH is 1. The van der Waals surface area contributed by atoms with Gasteiger partial charge >= 0.3 is 0 Å². The highest BCUT2D eigenvalue weighted by Crippen LogP contribution is 2.34. The molecule has 1 aliphatic heterocycles. The molecule has 3 aromatic rings. The number of hydrogen-bond donors (Lipinski definition) is 1. The van der Waals surface area contributed by atoms with E-state index in [0.29, 0.717) is 27.7 Å². The summed E-state index contributed by atoms with van der Waals surface area (Å²) in [5.41, 5.74) is 1.19. The molecule has 1 N–H and O–H groups in total. The van der Waals surface area contributed by atoms with Gasteiger partial charge < -0.3 is 14.7 Å². The van der Waals surface area contributed by atoms with Gasteiger partial charge in [0.05, 0.1) is 18.7 Å².